The molecule has 3 heterocycles. The molecule has 2 N–H and O–H groups in total. The number of aliphatic hydroxyl groups is 1. The van der Waals surface area contributed by atoms with E-state index in [1.54, 1.807) is 28.8 Å². The third kappa shape index (κ3) is 2.70. The zero-order chi connectivity index (χ0) is 20.1. The Kier molecular flexibility index (Phi) is 3.92. The number of benzene rings is 2. The van der Waals surface area contributed by atoms with Gasteiger partial charge in [-0.1, -0.05) is 30.3 Å². The number of hydrogen-bond donors (Lipinski definition) is 2. The van der Waals surface area contributed by atoms with Crippen molar-refractivity contribution >= 4 is 10.9 Å². The molecule has 0 spiro atoms. The first-order valence-corrected chi connectivity index (χ1v) is 9.45. The summed E-state index contributed by atoms with van der Waals surface area (Å²) in [6.07, 6.45) is -0.428. The molecular weight excluding hydrogens is 370 g/mol. The summed E-state index contributed by atoms with van der Waals surface area (Å²) < 4.78 is 4.28. The first-order valence-electron chi connectivity index (χ1n) is 9.45. The van der Waals surface area contributed by atoms with Crippen molar-refractivity contribution in [2.75, 3.05) is 0 Å². The standard InChI is InChI=1S/C22H19N3O4/c26-18-10-11-23-20(18)21(28)25(22(23)29)16-7-8-17-15(12-16)6-9-19(27)24(17)13-14-4-2-1-3-5-14/h1-9,12,18,26,28H,10-11,13H2/t18-/m1/s1. The quantitative estimate of drug-likeness (QED) is 0.562. The molecule has 2 aromatic carbocycles. The van der Waals surface area contributed by atoms with Crippen molar-refractivity contribution in [2.45, 2.75) is 25.6 Å². The van der Waals surface area contributed by atoms with Crippen molar-refractivity contribution in [3.63, 3.8) is 0 Å². The number of imidazole rings is 1. The van der Waals surface area contributed by atoms with E-state index in [-0.39, 0.29) is 22.8 Å². The molecule has 7 nitrogen and oxygen atoms in total. The summed E-state index contributed by atoms with van der Waals surface area (Å²) in [5, 5.41) is 21.4. The van der Waals surface area contributed by atoms with E-state index in [1.165, 1.54) is 15.2 Å². The highest BCUT2D eigenvalue weighted by molar-refractivity contribution is 5.81. The third-order valence-corrected chi connectivity index (χ3v) is 5.51. The Bertz CT molecular complexity index is 1350. The monoisotopic (exact) mass is 389 g/mol. The van der Waals surface area contributed by atoms with Crippen LogP contribution >= 0.6 is 0 Å². The molecule has 1 aliphatic rings. The van der Waals surface area contributed by atoms with Gasteiger partial charge >= 0.3 is 5.69 Å². The normalized spacial score (nSPS) is 15.7. The minimum Gasteiger partial charge on any atom is -0.493 e. The number of aromatic nitrogens is 3. The molecule has 4 aromatic rings. The fourth-order valence-corrected chi connectivity index (χ4v) is 4.07. The van der Waals surface area contributed by atoms with Gasteiger partial charge in [0.15, 0.2) is 0 Å². The van der Waals surface area contributed by atoms with E-state index in [2.05, 4.69) is 0 Å². The van der Waals surface area contributed by atoms with Crippen molar-refractivity contribution in [2.24, 2.45) is 0 Å². The molecule has 0 aliphatic carbocycles. The molecule has 5 rings (SSSR count). The van der Waals surface area contributed by atoms with Crippen LogP contribution in [-0.2, 0) is 13.1 Å². The lowest BCUT2D eigenvalue weighted by Crippen LogP contribution is -2.23. The Labute approximate surface area is 165 Å². The average Bonchev–Trinajstić information content (AvgIpc) is 3.23. The predicted molar refractivity (Wildman–Crippen MR) is 109 cm³/mol. The van der Waals surface area contributed by atoms with E-state index < -0.39 is 6.10 Å². The van der Waals surface area contributed by atoms with Gasteiger partial charge in [0.25, 0.3) is 5.56 Å². The second-order valence-electron chi connectivity index (χ2n) is 7.27. The molecule has 1 aliphatic heterocycles. The number of nitrogens with zero attached hydrogens (tertiary/aromatic N) is 3. The first kappa shape index (κ1) is 17.5. The Morgan fingerprint density at radius 2 is 1.79 bits per heavy atom. The van der Waals surface area contributed by atoms with Gasteiger partial charge in [0.2, 0.25) is 5.88 Å². The maximum atomic E-state index is 12.7. The van der Waals surface area contributed by atoms with Gasteiger partial charge in [-0.15, -0.1) is 0 Å². The number of pyridine rings is 1. The molecule has 0 amide bonds. The van der Waals surface area contributed by atoms with E-state index in [0.717, 1.165) is 16.5 Å². The molecule has 1 atom stereocenters. The van der Waals surface area contributed by atoms with Crippen LogP contribution in [0.25, 0.3) is 16.6 Å². The molecule has 0 radical (unpaired) electrons. The highest BCUT2D eigenvalue weighted by Crippen LogP contribution is 2.33. The van der Waals surface area contributed by atoms with Gasteiger partial charge in [0.05, 0.1) is 17.7 Å². The van der Waals surface area contributed by atoms with E-state index in [1.807, 2.05) is 30.3 Å². The number of rotatable bonds is 3. The van der Waals surface area contributed by atoms with Crippen molar-refractivity contribution < 1.29 is 10.2 Å². The summed E-state index contributed by atoms with van der Waals surface area (Å²) in [7, 11) is 0. The lowest BCUT2D eigenvalue weighted by Gasteiger charge is -2.12. The smallest absolute Gasteiger partial charge is 0.336 e. The van der Waals surface area contributed by atoms with E-state index in [4.69, 9.17) is 0 Å². The largest absolute Gasteiger partial charge is 0.493 e. The van der Waals surface area contributed by atoms with Crippen LogP contribution in [0.15, 0.2) is 70.3 Å². The second kappa shape index (κ2) is 6.49. The fraction of sp³-hybridized carbons (Fsp3) is 0.182. The number of hydrogen-bond acceptors (Lipinski definition) is 4. The van der Waals surface area contributed by atoms with Gasteiger partial charge in [0.1, 0.15) is 11.8 Å². The lowest BCUT2D eigenvalue weighted by atomic mass is 10.1. The maximum absolute atomic E-state index is 12.7. The van der Waals surface area contributed by atoms with Crippen LogP contribution in [0, 0.1) is 0 Å². The van der Waals surface area contributed by atoms with Gasteiger partial charge in [-0.25, -0.2) is 9.36 Å². The van der Waals surface area contributed by atoms with Crippen LogP contribution in [0.3, 0.4) is 0 Å². The number of fused-ring (bicyclic) bond motifs is 2. The van der Waals surface area contributed by atoms with Crippen LogP contribution in [-0.4, -0.2) is 23.9 Å². The van der Waals surface area contributed by atoms with Crippen molar-refractivity contribution in [3.05, 3.63) is 92.8 Å². The molecule has 7 heteroatoms. The topological polar surface area (TPSA) is 89.4 Å². The Morgan fingerprint density at radius 1 is 1.00 bits per heavy atom. The molecule has 146 valence electrons. The van der Waals surface area contributed by atoms with Crippen molar-refractivity contribution in [1.29, 1.82) is 0 Å². The Hall–Kier alpha value is -3.58. The zero-order valence-corrected chi connectivity index (χ0v) is 15.5. The van der Waals surface area contributed by atoms with Gasteiger partial charge in [0, 0.05) is 18.0 Å². The zero-order valence-electron chi connectivity index (χ0n) is 15.5. The van der Waals surface area contributed by atoms with Crippen LogP contribution in [0.4, 0.5) is 0 Å². The SMILES string of the molecule is O=c1n2c(c(O)n1-c1ccc3c(ccc(=O)n3Cc3ccccc3)c1)[C@H](O)CC2. The van der Waals surface area contributed by atoms with Gasteiger partial charge in [-0.2, -0.15) is 0 Å². The average molecular weight is 389 g/mol. The molecule has 0 unspecified atom stereocenters. The van der Waals surface area contributed by atoms with E-state index in [0.29, 0.717) is 25.2 Å². The van der Waals surface area contributed by atoms with Crippen LogP contribution in [0.5, 0.6) is 5.88 Å². The minimum absolute atomic E-state index is 0.111. The van der Waals surface area contributed by atoms with Gasteiger partial charge < -0.3 is 14.8 Å². The third-order valence-electron chi connectivity index (χ3n) is 5.51. The molecule has 0 bridgehead atoms. The fourth-order valence-electron chi connectivity index (χ4n) is 4.07. The summed E-state index contributed by atoms with van der Waals surface area (Å²) >= 11 is 0. The predicted octanol–water partition coefficient (Wildman–Crippen LogP) is 2.14. The van der Waals surface area contributed by atoms with Crippen LogP contribution < -0.4 is 11.2 Å². The number of aromatic hydroxyl groups is 1. The molecular formula is C22H19N3O4. The van der Waals surface area contributed by atoms with Gasteiger partial charge in [-0.3, -0.25) is 9.36 Å². The highest BCUT2D eigenvalue weighted by Gasteiger charge is 2.30. The molecule has 29 heavy (non-hydrogen) atoms. The molecule has 0 saturated heterocycles. The maximum Gasteiger partial charge on any atom is 0.336 e. The molecule has 0 saturated carbocycles. The van der Waals surface area contributed by atoms with Crippen molar-refractivity contribution in [3.8, 4) is 11.6 Å². The second-order valence-corrected chi connectivity index (χ2v) is 7.27. The Balaban J connectivity index is 1.65. The van der Waals surface area contributed by atoms with Gasteiger partial charge in [-0.05, 0) is 36.2 Å². The molecule has 0 fully saturated rings. The number of aliphatic hydroxyl groups excluding tert-OH is 1. The molecule has 2 aromatic heterocycles. The minimum atomic E-state index is -0.847. The van der Waals surface area contributed by atoms with Crippen LogP contribution in [0.2, 0.25) is 0 Å². The van der Waals surface area contributed by atoms with E-state index >= 15 is 0 Å². The van der Waals surface area contributed by atoms with Crippen LogP contribution in [0.1, 0.15) is 23.8 Å². The van der Waals surface area contributed by atoms with E-state index in [9.17, 15) is 19.8 Å². The summed E-state index contributed by atoms with van der Waals surface area (Å²) in [5.41, 5.74) is 2.00. The summed E-state index contributed by atoms with van der Waals surface area (Å²) in [5.74, 6) is -0.239. The summed E-state index contributed by atoms with van der Waals surface area (Å²) in [4.78, 5) is 25.2. The highest BCUT2D eigenvalue weighted by atomic mass is 16.3. The summed E-state index contributed by atoms with van der Waals surface area (Å²) in [6, 6.07) is 18.2. The van der Waals surface area contributed by atoms with Crippen molar-refractivity contribution in [1.82, 2.24) is 13.7 Å². The lowest BCUT2D eigenvalue weighted by molar-refractivity contribution is 0.175. The summed E-state index contributed by atoms with van der Waals surface area (Å²) in [6.45, 7) is 0.814. The Morgan fingerprint density at radius 3 is 2.55 bits per heavy atom. The first-order chi connectivity index (χ1) is 14.0.